The molecule has 1 atom stereocenters. The first-order chi connectivity index (χ1) is 12.5. The van der Waals surface area contributed by atoms with Crippen LogP contribution in [0.15, 0.2) is 52.6 Å². The number of anilines is 2. The van der Waals surface area contributed by atoms with E-state index >= 15 is 0 Å². The summed E-state index contributed by atoms with van der Waals surface area (Å²) in [4.78, 5) is 25.9. The minimum atomic E-state index is -0.852. The van der Waals surface area contributed by atoms with E-state index in [1.165, 1.54) is 24.5 Å². The Kier molecular flexibility index (Phi) is 5.04. The number of benzene rings is 1. The normalized spacial score (nSPS) is 11.8. The van der Waals surface area contributed by atoms with Gasteiger partial charge in [-0.3, -0.25) is 9.59 Å². The van der Waals surface area contributed by atoms with E-state index < -0.39 is 17.5 Å². The quantitative estimate of drug-likeness (QED) is 0.719. The highest BCUT2D eigenvalue weighted by Gasteiger charge is 2.21. The van der Waals surface area contributed by atoms with Crippen LogP contribution in [0, 0.1) is 0 Å². The molecular weight excluding hydrogens is 352 g/mol. The summed E-state index contributed by atoms with van der Waals surface area (Å²) in [5, 5.41) is 8.99. The number of nitrogens with one attached hydrogen (secondary N) is 1. The minimum Gasteiger partial charge on any atom is -0.495 e. The lowest BCUT2D eigenvalue weighted by Gasteiger charge is -2.16. The van der Waals surface area contributed by atoms with Crippen LogP contribution >= 0.6 is 11.3 Å². The van der Waals surface area contributed by atoms with Crippen LogP contribution in [0.5, 0.6) is 5.75 Å². The van der Waals surface area contributed by atoms with Crippen LogP contribution in [0.3, 0.4) is 0 Å². The summed E-state index contributed by atoms with van der Waals surface area (Å²) < 4.78 is 6.33. The Balaban J connectivity index is 1.93. The second-order valence-electron chi connectivity index (χ2n) is 5.58. The van der Waals surface area contributed by atoms with Gasteiger partial charge in [-0.25, -0.2) is 4.68 Å². The maximum atomic E-state index is 12.6. The van der Waals surface area contributed by atoms with Crippen LogP contribution in [0.2, 0.25) is 0 Å². The fraction of sp³-hybridized carbons (Fsp3) is 0.167. The number of hydrogen-bond acceptors (Lipinski definition) is 6. The van der Waals surface area contributed by atoms with Crippen molar-refractivity contribution in [2.24, 2.45) is 0 Å². The molecule has 2 heterocycles. The topological polar surface area (TPSA) is 99.2 Å². The Morgan fingerprint density at radius 1 is 1.31 bits per heavy atom. The molecule has 8 heteroatoms. The molecule has 0 fully saturated rings. The number of carbonyl (C=O) groups is 1. The van der Waals surface area contributed by atoms with Gasteiger partial charge < -0.3 is 15.8 Å². The molecule has 3 rings (SSSR count). The SMILES string of the molecule is COc1ccccc1NC(=O)C(C)n1nc(-c2cccs2)cc(N)c1=O. The number of methoxy groups -OCH3 is 1. The van der Waals surface area contributed by atoms with Crippen molar-refractivity contribution in [1.29, 1.82) is 0 Å². The number of nitrogens with zero attached hydrogens (tertiary/aromatic N) is 2. The van der Waals surface area contributed by atoms with Gasteiger partial charge in [-0.05, 0) is 36.6 Å². The molecule has 7 nitrogen and oxygen atoms in total. The maximum absolute atomic E-state index is 12.6. The van der Waals surface area contributed by atoms with Gasteiger partial charge in [0.25, 0.3) is 5.56 Å². The highest BCUT2D eigenvalue weighted by atomic mass is 32.1. The first-order valence-corrected chi connectivity index (χ1v) is 8.76. The van der Waals surface area contributed by atoms with E-state index in [0.717, 1.165) is 9.56 Å². The number of para-hydroxylation sites is 2. The summed E-state index contributed by atoms with van der Waals surface area (Å²) in [5.41, 5.74) is 6.44. The lowest BCUT2D eigenvalue weighted by molar-refractivity contribution is -0.119. The number of nitrogens with two attached hydrogens (primary N) is 1. The van der Waals surface area contributed by atoms with Crippen LogP contribution in [-0.4, -0.2) is 22.8 Å². The van der Waals surface area contributed by atoms with Crippen molar-refractivity contribution in [2.45, 2.75) is 13.0 Å². The number of ether oxygens (including phenoxy) is 1. The van der Waals surface area contributed by atoms with E-state index in [4.69, 9.17) is 10.5 Å². The minimum absolute atomic E-state index is 0.0420. The van der Waals surface area contributed by atoms with Gasteiger partial charge in [0.2, 0.25) is 5.91 Å². The summed E-state index contributed by atoms with van der Waals surface area (Å²) >= 11 is 1.48. The lowest BCUT2D eigenvalue weighted by atomic mass is 10.2. The number of hydrogen-bond donors (Lipinski definition) is 2. The van der Waals surface area contributed by atoms with Crippen LogP contribution in [0.4, 0.5) is 11.4 Å². The molecule has 2 aromatic heterocycles. The van der Waals surface area contributed by atoms with Crippen molar-refractivity contribution in [3.63, 3.8) is 0 Å². The van der Waals surface area contributed by atoms with Gasteiger partial charge in [-0.15, -0.1) is 11.3 Å². The molecule has 0 spiro atoms. The van der Waals surface area contributed by atoms with E-state index in [0.29, 0.717) is 17.1 Å². The van der Waals surface area contributed by atoms with Crippen LogP contribution in [-0.2, 0) is 4.79 Å². The Morgan fingerprint density at radius 3 is 2.77 bits per heavy atom. The smallest absolute Gasteiger partial charge is 0.290 e. The molecule has 26 heavy (non-hydrogen) atoms. The van der Waals surface area contributed by atoms with E-state index in [9.17, 15) is 9.59 Å². The van der Waals surface area contributed by atoms with E-state index in [1.807, 2.05) is 17.5 Å². The third-order valence-electron chi connectivity index (χ3n) is 3.85. The number of nitrogen functional groups attached to an aromatic ring is 1. The van der Waals surface area contributed by atoms with Crippen molar-refractivity contribution in [2.75, 3.05) is 18.2 Å². The molecule has 0 aliphatic heterocycles. The standard InChI is InChI=1S/C18H18N4O3S/c1-11(17(23)20-13-6-3-4-7-15(13)25-2)22-18(24)12(19)10-14(21-22)16-8-5-9-26-16/h3-11H,19H2,1-2H3,(H,20,23). The first kappa shape index (κ1) is 17.7. The monoisotopic (exact) mass is 370 g/mol. The number of aromatic nitrogens is 2. The van der Waals surface area contributed by atoms with Crippen molar-refractivity contribution in [3.05, 3.63) is 58.2 Å². The fourth-order valence-corrected chi connectivity index (χ4v) is 3.12. The summed E-state index contributed by atoms with van der Waals surface area (Å²) in [6, 6.07) is 11.5. The third kappa shape index (κ3) is 3.45. The largest absolute Gasteiger partial charge is 0.495 e. The van der Waals surface area contributed by atoms with Gasteiger partial charge in [0.1, 0.15) is 23.2 Å². The summed E-state index contributed by atoms with van der Waals surface area (Å²) in [6.07, 6.45) is 0. The molecule has 0 aliphatic rings. The number of rotatable bonds is 5. The van der Waals surface area contributed by atoms with Gasteiger partial charge >= 0.3 is 0 Å². The molecule has 3 aromatic rings. The molecule has 0 saturated heterocycles. The molecule has 1 unspecified atom stereocenters. The highest BCUT2D eigenvalue weighted by molar-refractivity contribution is 7.13. The Hall–Kier alpha value is -3.13. The molecule has 0 radical (unpaired) electrons. The lowest BCUT2D eigenvalue weighted by Crippen LogP contribution is -2.34. The molecule has 0 saturated carbocycles. The predicted molar refractivity (Wildman–Crippen MR) is 103 cm³/mol. The zero-order valence-corrected chi connectivity index (χ0v) is 15.1. The molecule has 1 aromatic carbocycles. The Morgan fingerprint density at radius 2 is 2.08 bits per heavy atom. The summed E-state index contributed by atoms with van der Waals surface area (Å²) in [6.45, 7) is 1.59. The second-order valence-corrected chi connectivity index (χ2v) is 6.53. The van der Waals surface area contributed by atoms with Gasteiger partial charge in [0, 0.05) is 0 Å². The predicted octanol–water partition coefficient (Wildman–Crippen LogP) is 2.76. The average Bonchev–Trinajstić information content (AvgIpc) is 3.18. The van der Waals surface area contributed by atoms with Crippen LogP contribution < -0.4 is 21.3 Å². The maximum Gasteiger partial charge on any atom is 0.290 e. The highest BCUT2D eigenvalue weighted by Crippen LogP contribution is 2.25. The van der Waals surface area contributed by atoms with E-state index in [2.05, 4.69) is 10.4 Å². The van der Waals surface area contributed by atoms with E-state index in [-0.39, 0.29) is 5.69 Å². The van der Waals surface area contributed by atoms with Crippen molar-refractivity contribution in [1.82, 2.24) is 9.78 Å². The Bertz CT molecular complexity index is 982. The summed E-state index contributed by atoms with van der Waals surface area (Å²) in [7, 11) is 1.52. The van der Waals surface area contributed by atoms with Gasteiger partial charge in [0.05, 0.1) is 17.7 Å². The fourth-order valence-electron chi connectivity index (χ4n) is 2.43. The molecule has 0 aliphatic carbocycles. The molecule has 3 N–H and O–H groups in total. The van der Waals surface area contributed by atoms with Crippen LogP contribution in [0.25, 0.3) is 10.6 Å². The van der Waals surface area contributed by atoms with Crippen molar-refractivity contribution >= 4 is 28.6 Å². The molecule has 1 amide bonds. The summed E-state index contributed by atoms with van der Waals surface area (Å²) in [5.74, 6) is 0.132. The third-order valence-corrected chi connectivity index (χ3v) is 4.74. The first-order valence-electron chi connectivity index (χ1n) is 7.88. The van der Waals surface area contributed by atoms with Gasteiger partial charge in [-0.2, -0.15) is 5.10 Å². The van der Waals surface area contributed by atoms with Gasteiger partial charge in [0.15, 0.2) is 0 Å². The van der Waals surface area contributed by atoms with Gasteiger partial charge in [-0.1, -0.05) is 18.2 Å². The zero-order valence-electron chi connectivity index (χ0n) is 14.3. The molecule has 0 bridgehead atoms. The number of amides is 1. The zero-order chi connectivity index (χ0) is 18.7. The van der Waals surface area contributed by atoms with Crippen LogP contribution in [0.1, 0.15) is 13.0 Å². The number of carbonyl (C=O) groups excluding carboxylic acids is 1. The average molecular weight is 370 g/mol. The second kappa shape index (κ2) is 7.40. The molecule has 134 valence electrons. The Labute approximate surface area is 154 Å². The van der Waals surface area contributed by atoms with E-state index in [1.54, 1.807) is 31.2 Å². The number of thiophene rings is 1. The van der Waals surface area contributed by atoms with Crippen molar-refractivity contribution in [3.8, 4) is 16.3 Å². The van der Waals surface area contributed by atoms with Crippen molar-refractivity contribution < 1.29 is 9.53 Å². The molecular formula is C18H18N4O3S.